The van der Waals surface area contributed by atoms with Crippen LogP contribution in [0.4, 0.5) is 14.5 Å². The normalized spacial score (nSPS) is 10.1. The van der Waals surface area contributed by atoms with E-state index in [2.05, 4.69) is 5.32 Å². The molecule has 1 amide bonds. The van der Waals surface area contributed by atoms with Crippen LogP contribution in [0.3, 0.4) is 0 Å². The number of anilines is 1. The average Bonchev–Trinajstić information content (AvgIpc) is 3.69. The van der Waals surface area contributed by atoms with Gasteiger partial charge >= 0.3 is 0 Å². The second-order valence-corrected chi connectivity index (χ2v) is 10.4. The summed E-state index contributed by atoms with van der Waals surface area (Å²) < 4.78 is 36.3. The number of carbonyl (C=O) groups excluding carboxylic acids is 3. The maximum Gasteiger partial charge on any atom is 0.255 e. The molecule has 0 saturated carbocycles. The van der Waals surface area contributed by atoms with Crippen molar-refractivity contribution in [3.8, 4) is 33.0 Å². The number of fused-ring (bicyclic) bond motifs is 2. The van der Waals surface area contributed by atoms with E-state index in [0.717, 1.165) is 20.8 Å². The number of carbonyl (C=O) groups is 3. The van der Waals surface area contributed by atoms with Crippen molar-refractivity contribution in [3.63, 3.8) is 0 Å². The van der Waals surface area contributed by atoms with Gasteiger partial charge in [0.1, 0.15) is 41.6 Å². The molecule has 10 heteroatoms. The minimum atomic E-state index is -0.397. The minimum Gasteiger partial charge on any atom is -0.455 e. The van der Waals surface area contributed by atoms with Gasteiger partial charge in [0.25, 0.3) is 5.91 Å². The van der Waals surface area contributed by atoms with Crippen LogP contribution < -0.4 is 10.2 Å². The van der Waals surface area contributed by atoms with Crippen molar-refractivity contribution in [3.05, 3.63) is 96.1 Å². The molecular formula is C35H33F2N3O4S. The molecule has 0 unspecified atom stereocenters. The Hall–Kier alpha value is -5.22. The van der Waals surface area contributed by atoms with Crippen LogP contribution >= 0.6 is 11.3 Å². The minimum absolute atomic E-state index is 0.299. The van der Waals surface area contributed by atoms with E-state index in [4.69, 9.17) is 19.0 Å². The number of amides is 1. The molecule has 0 aliphatic rings. The number of furan rings is 1. The first kappa shape index (κ1) is 34.3. The van der Waals surface area contributed by atoms with E-state index in [1.165, 1.54) is 25.2 Å². The van der Waals surface area contributed by atoms with E-state index in [1.807, 2.05) is 70.7 Å². The van der Waals surface area contributed by atoms with Gasteiger partial charge in [0.2, 0.25) is 0 Å². The fraction of sp³-hybridized carbons (Fsp3) is 0.143. The van der Waals surface area contributed by atoms with Crippen LogP contribution in [0.25, 0.3) is 54.2 Å². The Morgan fingerprint density at radius 2 is 1.51 bits per heavy atom. The van der Waals surface area contributed by atoms with Crippen LogP contribution in [0.2, 0.25) is 0 Å². The molecule has 2 heterocycles. The lowest BCUT2D eigenvalue weighted by Crippen LogP contribution is -2.18. The van der Waals surface area contributed by atoms with Gasteiger partial charge in [-0.15, -0.1) is 11.3 Å². The molecular weight excluding hydrogens is 596 g/mol. The lowest BCUT2D eigenvalue weighted by atomic mass is 9.96. The molecule has 7 nitrogen and oxygen atoms in total. The first-order valence-electron chi connectivity index (χ1n) is 13.8. The van der Waals surface area contributed by atoms with Crippen LogP contribution in [0.1, 0.15) is 24.2 Å². The molecule has 0 aliphatic carbocycles. The van der Waals surface area contributed by atoms with Gasteiger partial charge in [-0.25, -0.2) is 13.8 Å². The molecule has 0 fully saturated rings. The third-order valence-corrected chi connectivity index (χ3v) is 7.73. The van der Waals surface area contributed by atoms with Crippen LogP contribution in [-0.4, -0.2) is 45.6 Å². The maximum atomic E-state index is 15.5. The second kappa shape index (κ2) is 15.5. The number of rotatable bonds is 5. The Bertz CT molecular complexity index is 1880. The van der Waals surface area contributed by atoms with Gasteiger partial charge in [-0.05, 0) is 60.7 Å². The van der Waals surface area contributed by atoms with Gasteiger partial charge in [-0.1, -0.05) is 26.0 Å². The zero-order chi connectivity index (χ0) is 33.3. The summed E-state index contributed by atoms with van der Waals surface area (Å²) in [4.78, 5) is 35.7. The zero-order valence-electron chi connectivity index (χ0n) is 25.6. The number of hydrogen-bond donors (Lipinski definition) is 1. The van der Waals surface area contributed by atoms with Gasteiger partial charge < -0.3 is 24.2 Å². The van der Waals surface area contributed by atoms with E-state index in [9.17, 15) is 9.18 Å². The van der Waals surface area contributed by atoms with E-state index >= 15 is 4.39 Å². The number of aromatic nitrogens is 1. The Balaban J connectivity index is 0.000000870. The van der Waals surface area contributed by atoms with Gasteiger partial charge in [0, 0.05) is 60.5 Å². The summed E-state index contributed by atoms with van der Waals surface area (Å²) in [5.41, 5.74) is 4.70. The van der Waals surface area contributed by atoms with Crippen molar-refractivity contribution < 1.29 is 27.6 Å². The van der Waals surface area contributed by atoms with Crippen LogP contribution in [0.5, 0.6) is 0 Å². The summed E-state index contributed by atoms with van der Waals surface area (Å²) in [6, 6.07) is 22.2. The first-order chi connectivity index (χ1) is 21.8. The molecule has 232 valence electrons. The molecule has 0 radical (unpaired) electrons. The van der Waals surface area contributed by atoms with Crippen molar-refractivity contribution in [2.45, 2.75) is 13.8 Å². The Labute approximate surface area is 264 Å². The Morgan fingerprint density at radius 3 is 2.13 bits per heavy atom. The molecule has 0 bridgehead atoms. The Kier molecular flexibility index (Phi) is 11.8. The highest BCUT2D eigenvalue weighted by atomic mass is 32.1. The SMILES string of the molecule is C=O.C=O.CC.CNC(=O)c1c(-c2ccc(F)cc2)oc2cc(N(C)C)c(-c3cc(-c4nc5ccccc5s4)ccc3F)cc12. The third kappa shape index (κ3) is 6.97. The van der Waals surface area contributed by atoms with Crippen molar-refractivity contribution in [1.82, 2.24) is 10.3 Å². The van der Waals surface area contributed by atoms with Gasteiger partial charge in [0.05, 0.1) is 15.8 Å². The summed E-state index contributed by atoms with van der Waals surface area (Å²) in [5, 5.41) is 3.98. The van der Waals surface area contributed by atoms with Crippen molar-refractivity contribution >= 4 is 57.7 Å². The smallest absolute Gasteiger partial charge is 0.255 e. The summed E-state index contributed by atoms with van der Waals surface area (Å²) >= 11 is 1.55. The van der Waals surface area contributed by atoms with Crippen molar-refractivity contribution in [2.75, 3.05) is 26.0 Å². The predicted molar refractivity (Wildman–Crippen MR) is 179 cm³/mol. The largest absolute Gasteiger partial charge is 0.455 e. The standard InChI is InChI=1S/C31H23F2N3O2S.C2H6.2CH2O/c1-34-30(37)28-22-15-21(25(36(2)3)16-26(22)38-29(28)17-8-11-19(32)12-9-17)20-14-18(10-13-23(20)33)31-35-24-6-4-5-7-27(24)39-31;3*1-2/h4-16H,1-3H3,(H,34,37);1-2H3;2*1H2. The molecule has 1 N–H and O–H groups in total. The number of nitrogens with one attached hydrogen (secondary N) is 1. The lowest BCUT2D eigenvalue weighted by molar-refractivity contribution is -0.0987. The number of benzene rings is 4. The monoisotopic (exact) mass is 629 g/mol. The topological polar surface area (TPSA) is 92.5 Å². The predicted octanol–water partition coefficient (Wildman–Crippen LogP) is 8.40. The van der Waals surface area contributed by atoms with E-state index in [0.29, 0.717) is 44.7 Å². The van der Waals surface area contributed by atoms with E-state index < -0.39 is 11.6 Å². The van der Waals surface area contributed by atoms with Crippen LogP contribution in [-0.2, 0) is 9.59 Å². The molecule has 0 atom stereocenters. The fourth-order valence-corrected chi connectivity index (χ4v) is 5.70. The van der Waals surface area contributed by atoms with Crippen molar-refractivity contribution in [2.24, 2.45) is 0 Å². The number of para-hydroxylation sites is 1. The number of halogens is 2. The molecule has 0 saturated heterocycles. The highest BCUT2D eigenvalue weighted by Gasteiger charge is 2.25. The van der Waals surface area contributed by atoms with E-state index in [1.54, 1.807) is 47.7 Å². The maximum absolute atomic E-state index is 15.5. The molecule has 6 rings (SSSR count). The molecule has 45 heavy (non-hydrogen) atoms. The van der Waals surface area contributed by atoms with Crippen LogP contribution in [0.15, 0.2) is 83.3 Å². The highest BCUT2D eigenvalue weighted by Crippen LogP contribution is 2.42. The number of nitrogens with zero attached hydrogens (tertiary/aromatic N) is 2. The molecule has 2 aromatic heterocycles. The van der Waals surface area contributed by atoms with Crippen molar-refractivity contribution in [1.29, 1.82) is 0 Å². The summed E-state index contributed by atoms with van der Waals surface area (Å²) in [6.07, 6.45) is 0. The Morgan fingerprint density at radius 1 is 0.867 bits per heavy atom. The summed E-state index contributed by atoms with van der Waals surface area (Å²) in [6.45, 7) is 8.00. The van der Waals surface area contributed by atoms with Gasteiger partial charge in [-0.3, -0.25) is 4.79 Å². The summed E-state index contributed by atoms with van der Waals surface area (Å²) in [5.74, 6) is -0.835. The number of thiazole rings is 1. The highest BCUT2D eigenvalue weighted by molar-refractivity contribution is 7.21. The molecule has 0 spiro atoms. The van der Waals surface area contributed by atoms with Crippen LogP contribution in [0, 0.1) is 11.6 Å². The molecule has 6 aromatic rings. The zero-order valence-corrected chi connectivity index (χ0v) is 26.4. The van der Waals surface area contributed by atoms with Gasteiger partial charge in [-0.2, -0.15) is 0 Å². The summed E-state index contributed by atoms with van der Waals surface area (Å²) in [7, 11) is 5.26. The lowest BCUT2D eigenvalue weighted by Gasteiger charge is -2.18. The first-order valence-corrected chi connectivity index (χ1v) is 14.6. The van der Waals surface area contributed by atoms with E-state index in [-0.39, 0.29) is 5.91 Å². The number of hydrogen-bond acceptors (Lipinski definition) is 7. The van der Waals surface area contributed by atoms with Gasteiger partial charge in [0.15, 0.2) is 0 Å². The fourth-order valence-electron chi connectivity index (χ4n) is 4.73. The average molecular weight is 630 g/mol. The molecule has 4 aromatic carbocycles. The third-order valence-electron chi connectivity index (χ3n) is 6.65. The second-order valence-electron chi connectivity index (χ2n) is 9.33. The quantitative estimate of drug-likeness (QED) is 0.206. The molecule has 0 aliphatic heterocycles.